The number of halogens is 1. The van der Waals surface area contributed by atoms with Crippen LogP contribution in [0.4, 0.5) is 0 Å². The monoisotopic (exact) mass is 302 g/mol. The Bertz CT molecular complexity index is 757. The summed E-state index contributed by atoms with van der Waals surface area (Å²) < 4.78 is 7.49. The van der Waals surface area contributed by atoms with E-state index in [0.717, 1.165) is 10.9 Å². The van der Waals surface area contributed by atoms with Gasteiger partial charge in [0.15, 0.2) is 11.5 Å². The molecule has 2 heterocycles. The van der Waals surface area contributed by atoms with Crippen molar-refractivity contribution in [3.63, 3.8) is 0 Å². The number of hydrogen-bond acceptors (Lipinski definition) is 4. The minimum atomic E-state index is -0.0317. The van der Waals surface area contributed by atoms with E-state index in [1.54, 1.807) is 10.9 Å². The van der Waals surface area contributed by atoms with Gasteiger partial charge in [-0.05, 0) is 12.5 Å². The quantitative estimate of drug-likeness (QED) is 0.694. The van der Waals surface area contributed by atoms with Gasteiger partial charge in [-0.1, -0.05) is 41.9 Å². The molecule has 5 nitrogen and oxygen atoms in total. The van der Waals surface area contributed by atoms with E-state index in [0.29, 0.717) is 23.2 Å². The molecule has 0 fully saturated rings. The Morgan fingerprint density at radius 3 is 2.76 bits per heavy atom. The van der Waals surface area contributed by atoms with Crippen LogP contribution in [0.1, 0.15) is 24.4 Å². The summed E-state index contributed by atoms with van der Waals surface area (Å²) in [5, 5.41) is 5.28. The largest absolute Gasteiger partial charge is 0.366 e. The lowest BCUT2D eigenvalue weighted by molar-refractivity contribution is 0.0484. The first-order valence-corrected chi connectivity index (χ1v) is 7.03. The van der Waals surface area contributed by atoms with E-state index in [1.165, 1.54) is 0 Å². The van der Waals surface area contributed by atoms with Crippen LogP contribution in [0.2, 0.25) is 5.15 Å². The maximum absolute atomic E-state index is 6.15. The maximum atomic E-state index is 6.15. The second kappa shape index (κ2) is 5.79. The van der Waals surface area contributed by atoms with Crippen LogP contribution in [0.25, 0.3) is 11.0 Å². The molecule has 0 radical (unpaired) electrons. The first-order valence-electron chi connectivity index (χ1n) is 6.66. The summed E-state index contributed by atoms with van der Waals surface area (Å²) in [6.07, 6.45) is 1.63. The molecule has 1 atom stereocenters. The Kier molecular flexibility index (Phi) is 3.86. The lowest BCUT2D eigenvalue weighted by Crippen LogP contribution is -2.05. The lowest BCUT2D eigenvalue weighted by Gasteiger charge is -2.12. The third-order valence-corrected chi connectivity index (χ3v) is 3.61. The van der Waals surface area contributed by atoms with Crippen LogP contribution < -0.4 is 0 Å². The maximum Gasteiger partial charge on any atom is 0.162 e. The van der Waals surface area contributed by atoms with Gasteiger partial charge in [0.05, 0.1) is 17.7 Å². The van der Waals surface area contributed by atoms with E-state index < -0.39 is 0 Å². The number of nitrogens with zero attached hydrogens (tertiary/aromatic N) is 4. The highest BCUT2D eigenvalue weighted by molar-refractivity contribution is 6.33. The van der Waals surface area contributed by atoms with Crippen LogP contribution in [0.5, 0.6) is 0 Å². The van der Waals surface area contributed by atoms with Crippen molar-refractivity contribution in [2.75, 3.05) is 0 Å². The summed E-state index contributed by atoms with van der Waals surface area (Å²) in [7, 11) is 1.82. The van der Waals surface area contributed by atoms with Crippen molar-refractivity contribution in [3.8, 4) is 0 Å². The zero-order valence-electron chi connectivity index (χ0n) is 11.8. The highest BCUT2D eigenvalue weighted by Gasteiger charge is 2.11. The number of fused-ring (bicyclic) bond motifs is 1. The number of rotatable bonds is 4. The van der Waals surface area contributed by atoms with Crippen LogP contribution in [0, 0.1) is 0 Å². The van der Waals surface area contributed by atoms with Crippen LogP contribution in [-0.2, 0) is 18.4 Å². The molecular weight excluding hydrogens is 288 g/mol. The fraction of sp³-hybridized carbons (Fsp3) is 0.267. The molecule has 3 rings (SSSR count). The van der Waals surface area contributed by atoms with Gasteiger partial charge in [-0.3, -0.25) is 4.68 Å². The molecule has 6 heteroatoms. The van der Waals surface area contributed by atoms with Gasteiger partial charge < -0.3 is 4.74 Å². The Hall–Kier alpha value is -1.98. The van der Waals surface area contributed by atoms with Crippen molar-refractivity contribution < 1.29 is 4.74 Å². The van der Waals surface area contributed by atoms with Gasteiger partial charge in [-0.25, -0.2) is 9.97 Å². The number of aryl methyl sites for hydroxylation is 1. The third-order valence-electron chi connectivity index (χ3n) is 3.32. The molecule has 0 amide bonds. The summed E-state index contributed by atoms with van der Waals surface area (Å²) in [4.78, 5) is 8.70. The molecule has 2 aromatic heterocycles. The van der Waals surface area contributed by atoms with Crippen LogP contribution >= 0.6 is 11.6 Å². The molecule has 1 unspecified atom stereocenters. The van der Waals surface area contributed by atoms with Crippen LogP contribution in [0.15, 0.2) is 36.5 Å². The Morgan fingerprint density at radius 1 is 1.24 bits per heavy atom. The predicted molar refractivity (Wildman–Crippen MR) is 81.0 cm³/mol. The smallest absolute Gasteiger partial charge is 0.162 e. The fourth-order valence-electron chi connectivity index (χ4n) is 2.11. The van der Waals surface area contributed by atoms with Gasteiger partial charge in [-0.15, -0.1) is 0 Å². The standard InChI is InChI=1S/C15H15ClN4O/c1-10(11-6-4-3-5-7-11)21-9-13-18-14(16)12-8-17-20(2)15(12)19-13/h3-8,10H,9H2,1-2H3. The first-order chi connectivity index (χ1) is 10.1. The predicted octanol–water partition coefficient (Wildman–Crippen LogP) is 3.29. The topological polar surface area (TPSA) is 52.8 Å². The van der Waals surface area contributed by atoms with Crippen molar-refractivity contribution in [2.45, 2.75) is 19.6 Å². The fourth-order valence-corrected chi connectivity index (χ4v) is 2.35. The van der Waals surface area contributed by atoms with Gasteiger partial charge in [0, 0.05) is 7.05 Å². The molecule has 0 N–H and O–H groups in total. The molecular formula is C15H15ClN4O. The van der Waals surface area contributed by atoms with E-state index >= 15 is 0 Å². The SMILES string of the molecule is CC(OCc1nc(Cl)c2cnn(C)c2n1)c1ccccc1. The zero-order valence-corrected chi connectivity index (χ0v) is 12.6. The summed E-state index contributed by atoms with van der Waals surface area (Å²) >= 11 is 6.15. The highest BCUT2D eigenvalue weighted by atomic mass is 35.5. The molecule has 0 aliphatic heterocycles. The molecule has 0 bridgehead atoms. The van der Waals surface area contributed by atoms with E-state index in [2.05, 4.69) is 15.1 Å². The lowest BCUT2D eigenvalue weighted by atomic mass is 10.1. The second-order valence-electron chi connectivity index (χ2n) is 4.80. The second-order valence-corrected chi connectivity index (χ2v) is 5.16. The Morgan fingerprint density at radius 2 is 2.00 bits per heavy atom. The van der Waals surface area contributed by atoms with Crippen molar-refractivity contribution in [1.29, 1.82) is 0 Å². The van der Waals surface area contributed by atoms with Crippen molar-refractivity contribution in [2.24, 2.45) is 7.05 Å². The van der Waals surface area contributed by atoms with Gasteiger partial charge in [0.1, 0.15) is 11.8 Å². The van der Waals surface area contributed by atoms with Crippen molar-refractivity contribution >= 4 is 22.6 Å². The average Bonchev–Trinajstić information content (AvgIpc) is 2.88. The van der Waals surface area contributed by atoms with Gasteiger partial charge in [0.2, 0.25) is 0 Å². The summed E-state index contributed by atoms with van der Waals surface area (Å²) in [5.41, 5.74) is 1.83. The van der Waals surface area contributed by atoms with E-state index in [4.69, 9.17) is 16.3 Å². The Labute approximate surface area is 127 Å². The van der Waals surface area contributed by atoms with Crippen molar-refractivity contribution in [1.82, 2.24) is 19.7 Å². The third kappa shape index (κ3) is 2.89. The number of hydrogen-bond donors (Lipinski definition) is 0. The Balaban J connectivity index is 1.78. The molecule has 1 aromatic carbocycles. The summed E-state index contributed by atoms with van der Waals surface area (Å²) in [6, 6.07) is 10.0. The molecule has 108 valence electrons. The molecule has 0 saturated heterocycles. The average molecular weight is 303 g/mol. The molecule has 0 aliphatic carbocycles. The molecule has 0 saturated carbocycles. The zero-order chi connectivity index (χ0) is 14.8. The number of ether oxygens (including phenoxy) is 1. The van der Waals surface area contributed by atoms with Crippen LogP contribution in [0.3, 0.4) is 0 Å². The van der Waals surface area contributed by atoms with Crippen LogP contribution in [-0.4, -0.2) is 19.7 Å². The van der Waals surface area contributed by atoms with Gasteiger partial charge in [-0.2, -0.15) is 5.10 Å². The number of benzene rings is 1. The van der Waals surface area contributed by atoms with Gasteiger partial charge in [0.25, 0.3) is 0 Å². The molecule has 21 heavy (non-hydrogen) atoms. The number of aromatic nitrogens is 4. The minimum Gasteiger partial charge on any atom is -0.366 e. The van der Waals surface area contributed by atoms with E-state index in [-0.39, 0.29) is 6.10 Å². The van der Waals surface area contributed by atoms with Crippen molar-refractivity contribution in [3.05, 3.63) is 53.1 Å². The molecule has 3 aromatic rings. The van der Waals surface area contributed by atoms with E-state index in [9.17, 15) is 0 Å². The molecule has 0 aliphatic rings. The molecule has 0 spiro atoms. The summed E-state index contributed by atoms with van der Waals surface area (Å²) in [6.45, 7) is 2.30. The summed E-state index contributed by atoms with van der Waals surface area (Å²) in [5.74, 6) is 0.555. The highest BCUT2D eigenvalue weighted by Crippen LogP contribution is 2.21. The van der Waals surface area contributed by atoms with E-state index in [1.807, 2.05) is 44.3 Å². The van der Waals surface area contributed by atoms with Gasteiger partial charge >= 0.3 is 0 Å². The normalized spacial score (nSPS) is 12.7. The first kappa shape index (κ1) is 14.0. The minimum absolute atomic E-state index is 0.0317.